The summed E-state index contributed by atoms with van der Waals surface area (Å²) in [6, 6.07) is 41.2. The van der Waals surface area contributed by atoms with Gasteiger partial charge in [0, 0.05) is 16.8 Å². The van der Waals surface area contributed by atoms with Crippen LogP contribution in [0.25, 0.3) is 44.2 Å². The number of para-hydroxylation sites is 1. The van der Waals surface area contributed by atoms with Gasteiger partial charge in [0.1, 0.15) is 0 Å². The summed E-state index contributed by atoms with van der Waals surface area (Å²) in [5.41, 5.74) is 7.83. The fourth-order valence-corrected chi connectivity index (χ4v) is 5.20. The van der Waals surface area contributed by atoms with Gasteiger partial charge in [0.2, 0.25) is 0 Å². The number of rotatable bonds is 6. The van der Waals surface area contributed by atoms with Gasteiger partial charge in [-0.15, -0.1) is 0 Å². The van der Waals surface area contributed by atoms with Gasteiger partial charge in [-0.3, -0.25) is 0 Å². The lowest BCUT2D eigenvalue weighted by molar-refractivity contribution is 1.30. The monoisotopic (exact) mass is 530 g/mol. The average Bonchev–Trinajstić information content (AvgIpc) is 3.14. The van der Waals surface area contributed by atoms with Crippen LogP contribution in [0.4, 0.5) is 17.1 Å². The molecule has 0 unspecified atom stereocenters. The van der Waals surface area contributed by atoms with Crippen molar-refractivity contribution in [2.45, 2.75) is 0 Å². The molecule has 1 nitrogen and oxygen atoms in total. The minimum atomic E-state index is -0.479. The van der Waals surface area contributed by atoms with Crippen LogP contribution in [0.3, 0.4) is 0 Å². The number of benzene rings is 7. The van der Waals surface area contributed by atoms with Crippen molar-refractivity contribution >= 4 is 27.8 Å². The maximum atomic E-state index is 9.01. The molecule has 0 heterocycles. The zero-order valence-electron chi connectivity index (χ0n) is 29.1. The normalized spacial score (nSPS) is 13.3. The summed E-state index contributed by atoms with van der Waals surface area (Å²) in [6.45, 7) is 0. The number of anilines is 3. The zero-order chi connectivity index (χ0) is 33.5. The van der Waals surface area contributed by atoms with Gasteiger partial charge < -0.3 is 4.90 Å². The van der Waals surface area contributed by atoms with Crippen LogP contribution in [-0.4, -0.2) is 0 Å². The lowest BCUT2D eigenvalue weighted by atomic mass is 9.91. The Morgan fingerprint density at radius 3 is 1.68 bits per heavy atom. The van der Waals surface area contributed by atoms with Crippen molar-refractivity contribution in [2.24, 2.45) is 0 Å². The molecule has 7 rings (SSSR count). The van der Waals surface area contributed by atoms with E-state index in [1.54, 1.807) is 4.90 Å². The van der Waals surface area contributed by atoms with Crippen molar-refractivity contribution in [2.75, 3.05) is 4.90 Å². The van der Waals surface area contributed by atoms with Gasteiger partial charge in [0.15, 0.2) is 0 Å². The van der Waals surface area contributed by atoms with E-state index in [0.29, 0.717) is 11.4 Å². The minimum Gasteiger partial charge on any atom is -0.310 e. The first-order valence-corrected chi connectivity index (χ1v) is 13.5. The summed E-state index contributed by atoms with van der Waals surface area (Å²) >= 11 is 0. The first-order chi connectivity index (χ1) is 23.3. The maximum Gasteiger partial charge on any atom is 0.0645 e. The predicted octanol–water partition coefficient (Wildman–Crippen LogP) is 11.3. The molecule has 7 aromatic carbocycles. The molecule has 0 radical (unpaired) electrons. The Balaban J connectivity index is 1.41. The summed E-state index contributed by atoms with van der Waals surface area (Å²) in [7, 11) is 0. The molecule has 0 N–H and O–H groups in total. The summed E-state index contributed by atoms with van der Waals surface area (Å²) < 4.78 is 60.3. The van der Waals surface area contributed by atoms with Gasteiger partial charge in [-0.05, 0) is 75.1 Å². The van der Waals surface area contributed by atoms with E-state index in [1.165, 1.54) is 0 Å². The Bertz CT molecular complexity index is 2280. The summed E-state index contributed by atoms with van der Waals surface area (Å²) in [4.78, 5) is 1.74. The second-order valence-electron chi connectivity index (χ2n) is 9.68. The highest BCUT2D eigenvalue weighted by Crippen LogP contribution is 2.40. The van der Waals surface area contributed by atoms with Crippen molar-refractivity contribution < 1.29 is 9.60 Å². The van der Waals surface area contributed by atoms with Crippen molar-refractivity contribution in [1.82, 2.24) is 0 Å². The molecular formula is C40H29N. The van der Waals surface area contributed by atoms with Crippen LogP contribution in [0.2, 0.25) is 0 Å². The summed E-state index contributed by atoms with van der Waals surface area (Å²) in [5, 5.41) is -0.0505. The molecule has 1 heteroatoms. The Morgan fingerprint density at radius 1 is 0.415 bits per heavy atom. The first-order valence-electron chi connectivity index (χ1n) is 17.0. The molecule has 0 aromatic heterocycles. The molecular weight excluding hydrogens is 494 g/mol. The third kappa shape index (κ3) is 4.90. The van der Waals surface area contributed by atoms with Gasteiger partial charge in [-0.2, -0.15) is 0 Å². The molecule has 0 aliphatic carbocycles. The van der Waals surface area contributed by atoms with Gasteiger partial charge in [0.05, 0.1) is 15.3 Å². The molecule has 0 saturated heterocycles. The van der Waals surface area contributed by atoms with Crippen LogP contribution in [0, 0.1) is 0 Å². The van der Waals surface area contributed by atoms with E-state index in [4.69, 9.17) is 9.60 Å². The Morgan fingerprint density at radius 2 is 0.976 bits per heavy atom. The van der Waals surface area contributed by atoms with Gasteiger partial charge in [-0.1, -0.05) is 139 Å². The molecule has 0 bridgehead atoms. The number of fused-ring (bicyclic) bond motifs is 1. The first kappa shape index (κ1) is 18.0. The SMILES string of the molecule is [2H]c1c([2H])c([2H])c2c(N(c3ccccc3)c3ccc(-c4ccc(-c5ccccc5)c(-c5ccccc5)c4)cc3)c([2H])c([2H])c([2H])c2c1[2H]. The molecule has 0 aliphatic rings. The number of hydrogen-bond acceptors (Lipinski definition) is 1. The molecule has 0 fully saturated rings. The second kappa shape index (κ2) is 11.0. The summed E-state index contributed by atoms with van der Waals surface area (Å²) in [5.74, 6) is 0. The molecule has 0 atom stereocenters. The topological polar surface area (TPSA) is 3.24 Å². The Kier molecular flexibility index (Phi) is 4.84. The molecule has 0 amide bonds. The van der Waals surface area contributed by atoms with E-state index in [0.717, 1.165) is 33.4 Å². The second-order valence-corrected chi connectivity index (χ2v) is 9.68. The largest absolute Gasteiger partial charge is 0.310 e. The van der Waals surface area contributed by atoms with E-state index >= 15 is 0 Å². The van der Waals surface area contributed by atoms with Crippen LogP contribution in [0.1, 0.15) is 9.60 Å². The van der Waals surface area contributed by atoms with E-state index in [-0.39, 0.29) is 28.5 Å². The fourth-order valence-electron chi connectivity index (χ4n) is 5.20. The molecule has 41 heavy (non-hydrogen) atoms. The third-order valence-corrected chi connectivity index (χ3v) is 7.18. The van der Waals surface area contributed by atoms with Crippen LogP contribution in [-0.2, 0) is 0 Å². The van der Waals surface area contributed by atoms with E-state index in [1.807, 2.05) is 91.0 Å². The lowest BCUT2D eigenvalue weighted by Crippen LogP contribution is -2.10. The molecule has 7 aromatic rings. The summed E-state index contributed by atoms with van der Waals surface area (Å²) in [6.07, 6.45) is 0. The highest BCUT2D eigenvalue weighted by atomic mass is 15.1. The number of nitrogens with zero attached hydrogens (tertiary/aromatic N) is 1. The molecule has 194 valence electrons. The highest BCUT2D eigenvalue weighted by Gasteiger charge is 2.16. The fraction of sp³-hybridized carbons (Fsp3) is 0. The Labute approximate surface area is 251 Å². The van der Waals surface area contributed by atoms with Crippen LogP contribution in [0.15, 0.2) is 176 Å². The number of hydrogen-bond donors (Lipinski definition) is 0. The smallest absolute Gasteiger partial charge is 0.0645 e. The van der Waals surface area contributed by atoms with Gasteiger partial charge in [0.25, 0.3) is 0 Å². The van der Waals surface area contributed by atoms with Crippen molar-refractivity contribution in [1.29, 1.82) is 0 Å². The molecule has 0 saturated carbocycles. The quantitative estimate of drug-likeness (QED) is 0.207. The third-order valence-electron chi connectivity index (χ3n) is 7.18. The van der Waals surface area contributed by atoms with Crippen molar-refractivity contribution in [3.8, 4) is 33.4 Å². The molecule has 0 aliphatic heterocycles. The van der Waals surface area contributed by atoms with Gasteiger partial charge in [-0.25, -0.2) is 0 Å². The van der Waals surface area contributed by atoms with Crippen LogP contribution >= 0.6 is 0 Å². The Hall–Kier alpha value is -5.40. The standard InChI is InChI=1S/C40H29N/c1-4-13-31(14-5-1)37-28-25-34(29-39(37)33-15-6-2-7-16-33)30-23-26-36(27-24-30)41(35-19-8-3-9-20-35)40-22-12-18-32-17-10-11-21-38(32)40/h1-29H/i10D,11D,12D,17D,18D,21D,22D. The van der Waals surface area contributed by atoms with E-state index in [9.17, 15) is 0 Å². The predicted molar refractivity (Wildman–Crippen MR) is 175 cm³/mol. The highest BCUT2D eigenvalue weighted by molar-refractivity contribution is 5.99. The van der Waals surface area contributed by atoms with Crippen molar-refractivity contribution in [3.63, 3.8) is 0 Å². The van der Waals surface area contributed by atoms with E-state index in [2.05, 4.69) is 42.5 Å². The maximum absolute atomic E-state index is 9.01. The van der Waals surface area contributed by atoms with Crippen LogP contribution < -0.4 is 4.90 Å². The minimum absolute atomic E-state index is 0.0314. The zero-order valence-corrected chi connectivity index (χ0v) is 22.1. The lowest BCUT2D eigenvalue weighted by Gasteiger charge is -2.27. The van der Waals surface area contributed by atoms with Crippen molar-refractivity contribution in [3.05, 3.63) is 176 Å². The van der Waals surface area contributed by atoms with Crippen LogP contribution in [0.5, 0.6) is 0 Å². The molecule has 0 spiro atoms. The average molecular weight is 531 g/mol. The van der Waals surface area contributed by atoms with Gasteiger partial charge >= 0.3 is 0 Å². The van der Waals surface area contributed by atoms with E-state index < -0.39 is 30.2 Å².